The quantitative estimate of drug-likeness (QED) is 0.454. The molecule has 38 heavy (non-hydrogen) atoms. The number of benzene rings is 2. The van der Waals surface area contributed by atoms with E-state index in [9.17, 15) is 31.9 Å². The molecule has 2 fully saturated rings. The molecule has 0 aromatic heterocycles. The minimum atomic E-state index is -4.83. The Morgan fingerprint density at radius 1 is 1.03 bits per heavy atom. The maximum absolute atomic E-state index is 13.7. The maximum Gasteiger partial charge on any atom is 0.416 e. The van der Waals surface area contributed by atoms with Crippen LogP contribution in [0.15, 0.2) is 36.4 Å². The van der Waals surface area contributed by atoms with Crippen molar-refractivity contribution < 1.29 is 31.9 Å². The summed E-state index contributed by atoms with van der Waals surface area (Å²) in [6.45, 7) is 5.70. The zero-order valence-corrected chi connectivity index (χ0v) is 21.8. The standard InChI is InChI=1S/C27H28ClF4N3O3/c1-14-4-5-15(2)35(14)24(37)17-6-7-21(22(28)12-17)16(3)33-25(38)26(8-9-26)34-23(36)18-10-19(27(30,31)32)13-20(29)11-18/h6-7,10-16H,4-5,8-9H2,1-3H3,(H,33,38)(H,34,36)/t14-,15-,16-/m1/s1. The molecule has 0 unspecified atom stereocenters. The third kappa shape index (κ3) is 5.65. The second-order valence-corrected chi connectivity index (χ2v) is 10.6. The van der Waals surface area contributed by atoms with Gasteiger partial charge < -0.3 is 15.5 Å². The van der Waals surface area contributed by atoms with Crippen molar-refractivity contribution in [2.24, 2.45) is 0 Å². The summed E-state index contributed by atoms with van der Waals surface area (Å²) in [6.07, 6.45) is -2.42. The zero-order chi connectivity index (χ0) is 28.0. The van der Waals surface area contributed by atoms with E-state index in [0.29, 0.717) is 29.3 Å². The Labute approximate surface area is 222 Å². The van der Waals surface area contributed by atoms with E-state index in [1.165, 1.54) is 0 Å². The van der Waals surface area contributed by atoms with Crippen molar-refractivity contribution in [2.75, 3.05) is 0 Å². The van der Waals surface area contributed by atoms with Gasteiger partial charge in [-0.15, -0.1) is 0 Å². The molecule has 2 aliphatic rings. The number of likely N-dealkylation sites (tertiary alicyclic amines) is 1. The Hall–Kier alpha value is -3.14. The molecule has 0 bridgehead atoms. The van der Waals surface area contributed by atoms with Crippen molar-refractivity contribution in [3.63, 3.8) is 0 Å². The first-order chi connectivity index (χ1) is 17.7. The van der Waals surface area contributed by atoms with Crippen molar-refractivity contribution >= 4 is 29.3 Å². The number of carbonyl (C=O) groups excluding carboxylic acids is 3. The molecular formula is C27H28ClF4N3O3. The average molecular weight is 554 g/mol. The van der Waals surface area contributed by atoms with Crippen LogP contribution in [0.25, 0.3) is 0 Å². The van der Waals surface area contributed by atoms with Crippen molar-refractivity contribution in [3.05, 3.63) is 69.5 Å². The summed E-state index contributed by atoms with van der Waals surface area (Å²) in [5, 5.41) is 5.52. The van der Waals surface area contributed by atoms with Crippen LogP contribution >= 0.6 is 11.6 Å². The summed E-state index contributed by atoms with van der Waals surface area (Å²) in [6, 6.07) is 6.08. The molecule has 0 spiro atoms. The number of halogens is 5. The van der Waals surface area contributed by atoms with E-state index in [2.05, 4.69) is 10.6 Å². The Balaban J connectivity index is 1.44. The third-order valence-corrected chi connectivity index (χ3v) is 7.60. The Morgan fingerprint density at radius 2 is 1.66 bits per heavy atom. The van der Waals surface area contributed by atoms with E-state index in [4.69, 9.17) is 11.6 Å². The first-order valence-corrected chi connectivity index (χ1v) is 12.7. The highest BCUT2D eigenvalue weighted by atomic mass is 35.5. The Morgan fingerprint density at radius 3 is 2.21 bits per heavy atom. The molecule has 1 aliphatic carbocycles. The smallest absolute Gasteiger partial charge is 0.347 e. The van der Waals surface area contributed by atoms with E-state index in [1.807, 2.05) is 18.7 Å². The average Bonchev–Trinajstić information content (AvgIpc) is 3.54. The Kier molecular flexibility index (Phi) is 7.49. The van der Waals surface area contributed by atoms with Gasteiger partial charge in [0.05, 0.1) is 11.6 Å². The van der Waals surface area contributed by atoms with Crippen molar-refractivity contribution in [1.29, 1.82) is 0 Å². The van der Waals surface area contributed by atoms with Gasteiger partial charge in [0.25, 0.3) is 11.8 Å². The van der Waals surface area contributed by atoms with Crippen molar-refractivity contribution in [3.8, 4) is 0 Å². The minimum absolute atomic E-state index is 0.113. The van der Waals surface area contributed by atoms with Gasteiger partial charge >= 0.3 is 6.18 Å². The van der Waals surface area contributed by atoms with Gasteiger partial charge in [0.15, 0.2) is 0 Å². The number of rotatable bonds is 6. The molecule has 0 radical (unpaired) electrons. The first-order valence-electron chi connectivity index (χ1n) is 12.4. The van der Waals surface area contributed by atoms with Crippen LogP contribution in [0.3, 0.4) is 0 Å². The molecule has 1 aliphatic heterocycles. The van der Waals surface area contributed by atoms with E-state index in [0.717, 1.165) is 12.8 Å². The summed E-state index contributed by atoms with van der Waals surface area (Å²) in [4.78, 5) is 40.5. The second kappa shape index (κ2) is 10.2. The monoisotopic (exact) mass is 553 g/mol. The SMILES string of the molecule is C[C@@H]1CC[C@@H](C)N1C(=O)c1ccc([C@@H](C)NC(=O)C2(NC(=O)c3cc(F)cc(C(F)(F)F)c3)CC2)c(Cl)c1. The van der Waals surface area contributed by atoms with Gasteiger partial charge in [-0.1, -0.05) is 17.7 Å². The van der Waals surface area contributed by atoms with Crippen LogP contribution < -0.4 is 10.6 Å². The van der Waals surface area contributed by atoms with E-state index in [-0.39, 0.29) is 35.9 Å². The van der Waals surface area contributed by atoms with Crippen LogP contribution in [0.4, 0.5) is 17.6 Å². The van der Waals surface area contributed by atoms with Crippen LogP contribution in [0.2, 0.25) is 5.02 Å². The molecule has 2 N–H and O–H groups in total. The van der Waals surface area contributed by atoms with E-state index < -0.39 is 46.5 Å². The summed E-state index contributed by atoms with van der Waals surface area (Å²) in [5.74, 6) is -2.85. The molecule has 1 saturated carbocycles. The van der Waals surface area contributed by atoms with Gasteiger partial charge in [0.2, 0.25) is 5.91 Å². The molecule has 3 amide bonds. The molecule has 204 valence electrons. The fourth-order valence-corrected chi connectivity index (χ4v) is 5.22. The number of nitrogens with zero attached hydrogens (tertiary/aromatic N) is 1. The lowest BCUT2D eigenvalue weighted by Gasteiger charge is -2.27. The topological polar surface area (TPSA) is 78.5 Å². The fraction of sp³-hybridized carbons (Fsp3) is 0.444. The highest BCUT2D eigenvalue weighted by Crippen LogP contribution is 2.38. The minimum Gasteiger partial charge on any atom is -0.347 e. The second-order valence-electron chi connectivity index (χ2n) is 10.2. The fourth-order valence-electron chi connectivity index (χ4n) is 4.88. The predicted molar refractivity (Wildman–Crippen MR) is 133 cm³/mol. The number of amides is 3. The van der Waals surface area contributed by atoms with Crippen LogP contribution in [-0.4, -0.2) is 40.2 Å². The lowest BCUT2D eigenvalue weighted by atomic mass is 10.0. The first kappa shape index (κ1) is 27.9. The normalized spacial score (nSPS) is 21.1. The highest BCUT2D eigenvalue weighted by molar-refractivity contribution is 6.31. The van der Waals surface area contributed by atoms with Crippen molar-refractivity contribution in [1.82, 2.24) is 15.5 Å². The lowest BCUT2D eigenvalue weighted by molar-refractivity contribution is -0.137. The van der Waals surface area contributed by atoms with Crippen molar-refractivity contribution in [2.45, 2.75) is 76.3 Å². The lowest BCUT2D eigenvalue weighted by Crippen LogP contribution is -2.49. The van der Waals surface area contributed by atoms with Crippen LogP contribution in [0.5, 0.6) is 0 Å². The summed E-state index contributed by atoms with van der Waals surface area (Å²) in [7, 11) is 0. The van der Waals surface area contributed by atoms with E-state index >= 15 is 0 Å². The number of alkyl halides is 3. The van der Waals surface area contributed by atoms with Gasteiger partial charge in [-0.2, -0.15) is 13.2 Å². The summed E-state index contributed by atoms with van der Waals surface area (Å²) >= 11 is 6.47. The number of hydrogen-bond acceptors (Lipinski definition) is 3. The summed E-state index contributed by atoms with van der Waals surface area (Å²) < 4.78 is 52.8. The predicted octanol–water partition coefficient (Wildman–Crippen LogP) is 5.65. The van der Waals surface area contributed by atoms with Crippen LogP contribution in [0.1, 0.15) is 84.3 Å². The number of hydrogen-bond donors (Lipinski definition) is 2. The molecule has 4 rings (SSSR count). The Bertz CT molecular complexity index is 1270. The van der Waals surface area contributed by atoms with Gasteiger partial charge in [-0.3, -0.25) is 14.4 Å². The van der Waals surface area contributed by atoms with Gasteiger partial charge in [0, 0.05) is 28.2 Å². The zero-order valence-electron chi connectivity index (χ0n) is 21.1. The third-order valence-electron chi connectivity index (χ3n) is 7.27. The van der Waals surface area contributed by atoms with E-state index in [1.54, 1.807) is 25.1 Å². The highest BCUT2D eigenvalue weighted by Gasteiger charge is 2.51. The molecule has 1 heterocycles. The molecular weight excluding hydrogens is 526 g/mol. The molecule has 2 aromatic carbocycles. The molecule has 2 aromatic rings. The summed E-state index contributed by atoms with van der Waals surface area (Å²) in [5.41, 5.74) is -2.15. The molecule has 1 saturated heterocycles. The number of nitrogens with one attached hydrogen (secondary N) is 2. The molecule has 6 nitrogen and oxygen atoms in total. The molecule has 11 heteroatoms. The molecule has 3 atom stereocenters. The van der Waals surface area contributed by atoms with Crippen LogP contribution in [-0.2, 0) is 11.0 Å². The number of carbonyl (C=O) groups is 3. The van der Waals surface area contributed by atoms with Gasteiger partial charge in [-0.25, -0.2) is 4.39 Å². The van der Waals surface area contributed by atoms with Gasteiger partial charge in [-0.05, 0) is 82.3 Å². The van der Waals surface area contributed by atoms with Gasteiger partial charge in [0.1, 0.15) is 11.4 Å². The van der Waals surface area contributed by atoms with Crippen LogP contribution in [0, 0.1) is 5.82 Å². The maximum atomic E-state index is 13.7. The largest absolute Gasteiger partial charge is 0.416 e.